The van der Waals surface area contributed by atoms with Crippen LogP contribution < -0.4 is 0 Å². The molecule has 0 bridgehead atoms. The number of aromatic nitrogens is 9. The van der Waals surface area contributed by atoms with Gasteiger partial charge in [-0.1, -0.05) is 127 Å². The number of hydrogen-bond donors (Lipinski definition) is 0. The summed E-state index contributed by atoms with van der Waals surface area (Å²) >= 11 is 0. The maximum absolute atomic E-state index is 15.1. The van der Waals surface area contributed by atoms with Crippen LogP contribution in [0.15, 0.2) is 218 Å². The van der Waals surface area contributed by atoms with Gasteiger partial charge in [0.15, 0.2) is 17.5 Å². The highest BCUT2D eigenvalue weighted by molar-refractivity contribution is 5.92. The van der Waals surface area contributed by atoms with Crippen molar-refractivity contribution in [2.75, 3.05) is 0 Å². The molecular formula is C60H36F3N9. The number of hydrogen-bond acceptors (Lipinski definition) is 6. The lowest BCUT2D eigenvalue weighted by molar-refractivity contribution is 0.626. The fourth-order valence-electron chi connectivity index (χ4n) is 9.61. The van der Waals surface area contributed by atoms with Gasteiger partial charge >= 0.3 is 0 Å². The topological polar surface area (TPSA) is 92.1 Å². The first-order valence-electron chi connectivity index (χ1n) is 23.2. The number of imidazole rings is 3. The van der Waals surface area contributed by atoms with Crippen LogP contribution in [0.5, 0.6) is 0 Å². The summed E-state index contributed by atoms with van der Waals surface area (Å²) in [7, 11) is 0. The first kappa shape index (κ1) is 42.3. The summed E-state index contributed by atoms with van der Waals surface area (Å²) in [6.45, 7) is 0. The first-order chi connectivity index (χ1) is 35.4. The van der Waals surface area contributed by atoms with Crippen molar-refractivity contribution in [3.05, 3.63) is 236 Å². The highest BCUT2D eigenvalue weighted by Crippen LogP contribution is 2.41. The molecule has 0 aliphatic heterocycles. The Balaban J connectivity index is 1.09. The van der Waals surface area contributed by atoms with Crippen molar-refractivity contribution in [2.24, 2.45) is 0 Å². The van der Waals surface area contributed by atoms with Crippen molar-refractivity contribution in [3.63, 3.8) is 0 Å². The lowest BCUT2D eigenvalue weighted by Gasteiger charge is -2.16. The molecule has 0 N–H and O–H groups in total. The van der Waals surface area contributed by atoms with E-state index in [0.717, 1.165) is 16.6 Å². The summed E-state index contributed by atoms with van der Waals surface area (Å²) in [4.78, 5) is 31.5. The van der Waals surface area contributed by atoms with Gasteiger partial charge in [-0.3, -0.25) is 13.7 Å². The number of rotatable bonds is 9. The third-order valence-electron chi connectivity index (χ3n) is 12.7. The standard InChI is InChI=1S/C60H36F3N9/c61-37-16-13-19-40(34-37)70-52-31-10-7-28-49(52)64-58(70)46-25-4-1-22-43(46)55-67-56(44-23-2-5-26-47(44)59-65-50-29-8-11-32-53(50)71(59)41-20-14-17-38(62)35-41)69-57(68-55)45-24-3-6-27-48(45)60-66-51-30-9-12-33-54(51)72(60)42-21-15-18-39(63)36-42/h1-36H. The minimum Gasteiger partial charge on any atom is -0.292 e. The molecule has 4 aromatic heterocycles. The molecule has 0 aliphatic carbocycles. The van der Waals surface area contributed by atoms with E-state index in [1.807, 2.05) is 177 Å². The second kappa shape index (κ2) is 17.3. The van der Waals surface area contributed by atoms with Crippen molar-refractivity contribution in [1.29, 1.82) is 0 Å². The summed E-state index contributed by atoms with van der Waals surface area (Å²) in [6.07, 6.45) is 0. The van der Waals surface area contributed by atoms with Crippen LogP contribution in [-0.4, -0.2) is 43.6 Å². The molecule has 0 unspecified atom stereocenters. The zero-order chi connectivity index (χ0) is 48.3. The number of benzene rings is 9. The molecule has 0 atom stereocenters. The van der Waals surface area contributed by atoms with Gasteiger partial charge in [-0.05, 0) is 91.0 Å². The Morgan fingerprint density at radius 2 is 0.514 bits per heavy atom. The molecule has 9 aromatic carbocycles. The van der Waals surface area contributed by atoms with Gasteiger partial charge in [0.2, 0.25) is 0 Å². The van der Waals surface area contributed by atoms with Crippen molar-refractivity contribution in [1.82, 2.24) is 43.6 Å². The third kappa shape index (κ3) is 7.28. The molecule has 0 fully saturated rings. The monoisotopic (exact) mass is 939 g/mol. The van der Waals surface area contributed by atoms with Gasteiger partial charge in [0.25, 0.3) is 0 Å². The van der Waals surface area contributed by atoms with E-state index in [0.29, 0.717) is 102 Å². The zero-order valence-electron chi connectivity index (χ0n) is 37.9. The minimum absolute atomic E-state index is 0.324. The summed E-state index contributed by atoms with van der Waals surface area (Å²) < 4.78 is 51.0. The Kier molecular flexibility index (Phi) is 10.2. The van der Waals surface area contributed by atoms with E-state index >= 15 is 13.2 Å². The largest absolute Gasteiger partial charge is 0.292 e. The maximum atomic E-state index is 15.1. The zero-order valence-corrected chi connectivity index (χ0v) is 37.9. The van der Waals surface area contributed by atoms with E-state index in [-0.39, 0.29) is 17.5 Å². The van der Waals surface area contributed by atoms with Crippen molar-refractivity contribution >= 4 is 33.1 Å². The number of halogens is 3. The summed E-state index contributed by atoms with van der Waals surface area (Å²) in [6, 6.07) is 65.8. The first-order valence-corrected chi connectivity index (χ1v) is 23.2. The van der Waals surface area contributed by atoms with E-state index in [1.54, 1.807) is 18.2 Å². The molecule has 9 nitrogen and oxygen atoms in total. The fraction of sp³-hybridized carbons (Fsp3) is 0. The van der Waals surface area contributed by atoms with Gasteiger partial charge < -0.3 is 0 Å². The van der Waals surface area contributed by atoms with E-state index in [9.17, 15) is 0 Å². The summed E-state index contributed by atoms with van der Waals surface area (Å²) in [5, 5.41) is 0. The van der Waals surface area contributed by atoms with Gasteiger partial charge in [0.05, 0.1) is 50.2 Å². The molecule has 0 aliphatic rings. The predicted molar refractivity (Wildman–Crippen MR) is 276 cm³/mol. The Morgan fingerprint density at radius 1 is 0.250 bits per heavy atom. The second-order valence-electron chi connectivity index (χ2n) is 17.2. The summed E-state index contributed by atoms with van der Waals surface area (Å²) in [5.41, 5.74) is 10.2. The Morgan fingerprint density at radius 3 is 0.806 bits per heavy atom. The molecule has 342 valence electrons. The highest BCUT2D eigenvalue weighted by atomic mass is 19.1. The van der Waals surface area contributed by atoms with Gasteiger partial charge in [-0.25, -0.2) is 43.1 Å². The molecular weight excluding hydrogens is 904 g/mol. The molecule has 0 radical (unpaired) electrons. The maximum Gasteiger partial charge on any atom is 0.164 e. The third-order valence-corrected chi connectivity index (χ3v) is 12.7. The van der Waals surface area contributed by atoms with Crippen LogP contribution in [0, 0.1) is 17.5 Å². The van der Waals surface area contributed by atoms with Crippen LogP contribution >= 0.6 is 0 Å². The molecule has 72 heavy (non-hydrogen) atoms. The quantitative estimate of drug-likeness (QED) is 0.143. The average molecular weight is 940 g/mol. The van der Waals surface area contributed by atoms with E-state index in [1.165, 1.54) is 36.4 Å². The van der Waals surface area contributed by atoms with Crippen LogP contribution in [0.2, 0.25) is 0 Å². The van der Waals surface area contributed by atoms with E-state index in [4.69, 9.17) is 29.9 Å². The van der Waals surface area contributed by atoms with Crippen LogP contribution in [0.25, 0.3) is 118 Å². The van der Waals surface area contributed by atoms with Crippen molar-refractivity contribution in [3.8, 4) is 85.4 Å². The van der Waals surface area contributed by atoms with Gasteiger partial charge in [-0.15, -0.1) is 0 Å². The molecule has 0 saturated heterocycles. The molecule has 12 heteroatoms. The van der Waals surface area contributed by atoms with Crippen LogP contribution in [0.3, 0.4) is 0 Å². The second-order valence-corrected chi connectivity index (χ2v) is 17.2. The molecule has 13 rings (SSSR count). The lowest BCUT2D eigenvalue weighted by Crippen LogP contribution is -2.05. The Hall–Kier alpha value is -9.81. The number of fused-ring (bicyclic) bond motifs is 3. The van der Waals surface area contributed by atoms with Crippen LogP contribution in [0.4, 0.5) is 13.2 Å². The van der Waals surface area contributed by atoms with Crippen LogP contribution in [0.1, 0.15) is 0 Å². The number of nitrogens with zero attached hydrogens (tertiary/aromatic N) is 9. The average Bonchev–Trinajstić information content (AvgIpc) is 4.13. The van der Waals surface area contributed by atoms with E-state index in [2.05, 4.69) is 0 Å². The molecule has 4 heterocycles. The molecule has 0 amide bonds. The van der Waals surface area contributed by atoms with Crippen molar-refractivity contribution < 1.29 is 13.2 Å². The van der Waals surface area contributed by atoms with E-state index < -0.39 is 0 Å². The van der Waals surface area contributed by atoms with Gasteiger partial charge in [0, 0.05) is 33.4 Å². The predicted octanol–water partition coefficient (Wildman–Crippen LogP) is 14.3. The Labute approximate surface area is 409 Å². The normalized spacial score (nSPS) is 11.5. The SMILES string of the molecule is Fc1cccc(-n2c(-c3ccccc3-c3nc(-c4ccccc4-c4nc5ccccc5n4-c4cccc(F)c4)nc(-c4ccccc4-c4nc5ccccc5n4-c4cccc(F)c4)n3)nc3ccccc32)c1. The molecule has 0 spiro atoms. The molecule has 13 aromatic rings. The Bertz CT molecular complexity index is 3810. The lowest BCUT2D eigenvalue weighted by atomic mass is 10.0. The number of para-hydroxylation sites is 6. The highest BCUT2D eigenvalue weighted by Gasteiger charge is 2.26. The summed E-state index contributed by atoms with van der Waals surface area (Å²) in [5.74, 6) is 1.47. The minimum atomic E-state index is -0.384. The fourth-order valence-corrected chi connectivity index (χ4v) is 9.61. The van der Waals surface area contributed by atoms with Crippen molar-refractivity contribution in [2.45, 2.75) is 0 Å². The van der Waals surface area contributed by atoms with Gasteiger partial charge in [0.1, 0.15) is 34.9 Å². The smallest absolute Gasteiger partial charge is 0.164 e. The van der Waals surface area contributed by atoms with Gasteiger partial charge in [-0.2, -0.15) is 0 Å². The van der Waals surface area contributed by atoms with Crippen LogP contribution in [-0.2, 0) is 0 Å². The molecule has 0 saturated carbocycles.